The van der Waals surface area contributed by atoms with Gasteiger partial charge in [0.1, 0.15) is 0 Å². The van der Waals surface area contributed by atoms with Gasteiger partial charge in [0.05, 0.1) is 0 Å². The van der Waals surface area contributed by atoms with Crippen LogP contribution in [0.25, 0.3) is 0 Å². The zero-order chi connectivity index (χ0) is 7.40. The maximum atomic E-state index is 5.31. The van der Waals surface area contributed by atoms with Crippen molar-refractivity contribution in [1.29, 1.82) is 0 Å². The Morgan fingerprint density at radius 1 is 1.20 bits per heavy atom. The van der Waals surface area contributed by atoms with E-state index in [4.69, 9.17) is 5.73 Å². The summed E-state index contributed by atoms with van der Waals surface area (Å²) in [6.07, 6.45) is 9.29. The van der Waals surface area contributed by atoms with Crippen LogP contribution in [-0.4, -0.2) is 0 Å². The first-order chi connectivity index (χ1) is 4.83. The topological polar surface area (TPSA) is 26.0 Å². The molecule has 0 atom stereocenters. The molecule has 0 aliphatic heterocycles. The molecule has 0 spiro atoms. The Morgan fingerprint density at radius 3 is 2.30 bits per heavy atom. The summed E-state index contributed by atoms with van der Waals surface area (Å²) in [4.78, 5) is 0. The van der Waals surface area contributed by atoms with E-state index < -0.39 is 0 Å². The second-order valence-corrected chi connectivity index (χ2v) is 3.40. The molecular formula is C9H17N. The molecule has 0 heterocycles. The Labute approximate surface area is 63.3 Å². The molecule has 0 aromatic heterocycles. The molecule has 0 bridgehead atoms. The van der Waals surface area contributed by atoms with Crippen LogP contribution in [0.3, 0.4) is 0 Å². The Bertz CT molecular complexity index is 110. The second-order valence-electron chi connectivity index (χ2n) is 3.40. The van der Waals surface area contributed by atoms with E-state index >= 15 is 0 Å². The van der Waals surface area contributed by atoms with Crippen LogP contribution in [0.4, 0.5) is 0 Å². The maximum Gasteiger partial charge on any atom is -0.0100 e. The van der Waals surface area contributed by atoms with Crippen LogP contribution in [0.5, 0.6) is 0 Å². The molecule has 10 heavy (non-hydrogen) atoms. The van der Waals surface area contributed by atoms with Crippen molar-refractivity contribution in [3.63, 3.8) is 0 Å². The largest absolute Gasteiger partial charge is 0.405 e. The van der Waals surface area contributed by atoms with Crippen LogP contribution in [0.2, 0.25) is 0 Å². The van der Waals surface area contributed by atoms with Gasteiger partial charge >= 0.3 is 0 Å². The van der Waals surface area contributed by atoms with Gasteiger partial charge in [-0.1, -0.05) is 25.8 Å². The molecule has 1 fully saturated rings. The van der Waals surface area contributed by atoms with Crippen LogP contribution >= 0.6 is 0 Å². The van der Waals surface area contributed by atoms with E-state index in [0.29, 0.717) is 0 Å². The Morgan fingerprint density at radius 2 is 1.80 bits per heavy atom. The minimum Gasteiger partial charge on any atom is -0.405 e. The first kappa shape index (κ1) is 7.64. The van der Waals surface area contributed by atoms with Gasteiger partial charge in [0.2, 0.25) is 0 Å². The predicted octanol–water partition coefficient (Wildman–Crippen LogP) is 2.29. The van der Waals surface area contributed by atoms with Gasteiger partial charge in [-0.3, -0.25) is 0 Å². The van der Waals surface area contributed by atoms with Crippen molar-refractivity contribution in [2.45, 2.75) is 32.6 Å². The fourth-order valence-electron chi connectivity index (χ4n) is 1.64. The summed E-state index contributed by atoms with van der Waals surface area (Å²) in [5, 5.41) is 0. The molecule has 0 radical (unpaired) electrons. The number of allylic oxidation sites excluding steroid dienone is 1. The molecule has 1 aliphatic carbocycles. The monoisotopic (exact) mass is 139 g/mol. The minimum atomic E-state index is 0.779. The first-order valence-corrected chi connectivity index (χ1v) is 4.21. The SMILES string of the molecule is CC1CCC(/C=C/N)CC1. The van der Waals surface area contributed by atoms with Crippen molar-refractivity contribution < 1.29 is 0 Å². The highest BCUT2D eigenvalue weighted by atomic mass is 14.5. The molecule has 1 nitrogen and oxygen atoms in total. The molecule has 0 amide bonds. The highest BCUT2D eigenvalue weighted by molar-refractivity contribution is 4.87. The summed E-state index contributed by atoms with van der Waals surface area (Å²) in [7, 11) is 0. The quantitative estimate of drug-likeness (QED) is 0.592. The number of nitrogens with two attached hydrogens (primary N) is 1. The molecule has 1 heteroatoms. The van der Waals surface area contributed by atoms with Gasteiger partial charge < -0.3 is 5.73 Å². The van der Waals surface area contributed by atoms with E-state index in [2.05, 4.69) is 13.0 Å². The zero-order valence-electron chi connectivity index (χ0n) is 6.72. The van der Waals surface area contributed by atoms with Gasteiger partial charge in [-0.05, 0) is 30.9 Å². The van der Waals surface area contributed by atoms with Crippen LogP contribution in [0, 0.1) is 11.8 Å². The highest BCUT2D eigenvalue weighted by Gasteiger charge is 2.14. The van der Waals surface area contributed by atoms with Crippen LogP contribution in [-0.2, 0) is 0 Å². The van der Waals surface area contributed by atoms with E-state index in [1.807, 2.05) is 0 Å². The summed E-state index contributed by atoms with van der Waals surface area (Å²) < 4.78 is 0. The molecular weight excluding hydrogens is 122 g/mol. The highest BCUT2D eigenvalue weighted by Crippen LogP contribution is 2.28. The summed E-state index contributed by atoms with van der Waals surface area (Å²) in [6.45, 7) is 2.34. The number of hydrogen-bond donors (Lipinski definition) is 1. The summed E-state index contributed by atoms with van der Waals surface area (Å²) in [5.74, 6) is 1.73. The molecule has 1 saturated carbocycles. The Hall–Kier alpha value is -0.460. The van der Waals surface area contributed by atoms with Crippen LogP contribution < -0.4 is 5.73 Å². The molecule has 2 N–H and O–H groups in total. The van der Waals surface area contributed by atoms with E-state index in [1.165, 1.54) is 25.7 Å². The fraction of sp³-hybridized carbons (Fsp3) is 0.778. The summed E-state index contributed by atoms with van der Waals surface area (Å²) in [6, 6.07) is 0. The molecule has 0 aromatic carbocycles. The lowest BCUT2D eigenvalue weighted by atomic mass is 9.83. The minimum absolute atomic E-state index is 0.779. The lowest BCUT2D eigenvalue weighted by Gasteiger charge is -2.23. The Kier molecular flexibility index (Phi) is 2.79. The average Bonchev–Trinajstić information content (AvgIpc) is 1.95. The van der Waals surface area contributed by atoms with Gasteiger partial charge in [0.25, 0.3) is 0 Å². The van der Waals surface area contributed by atoms with E-state index in [1.54, 1.807) is 6.20 Å². The third-order valence-electron chi connectivity index (χ3n) is 2.44. The van der Waals surface area contributed by atoms with Crippen molar-refractivity contribution in [3.05, 3.63) is 12.3 Å². The van der Waals surface area contributed by atoms with Gasteiger partial charge in [-0.25, -0.2) is 0 Å². The van der Waals surface area contributed by atoms with Gasteiger partial charge in [-0.2, -0.15) is 0 Å². The molecule has 1 rings (SSSR count). The maximum absolute atomic E-state index is 5.31. The Balaban J connectivity index is 2.26. The normalized spacial score (nSPS) is 34.9. The lowest BCUT2D eigenvalue weighted by molar-refractivity contribution is 0.330. The molecule has 0 unspecified atom stereocenters. The zero-order valence-corrected chi connectivity index (χ0v) is 6.72. The van der Waals surface area contributed by atoms with Crippen LogP contribution in [0.15, 0.2) is 12.3 Å². The van der Waals surface area contributed by atoms with Crippen LogP contribution in [0.1, 0.15) is 32.6 Å². The number of hydrogen-bond acceptors (Lipinski definition) is 1. The summed E-state index contributed by atoms with van der Waals surface area (Å²) >= 11 is 0. The predicted molar refractivity (Wildman–Crippen MR) is 44.4 cm³/mol. The van der Waals surface area contributed by atoms with Gasteiger partial charge in [0, 0.05) is 0 Å². The molecule has 0 aromatic rings. The molecule has 1 aliphatic rings. The number of rotatable bonds is 1. The molecule has 0 saturated heterocycles. The summed E-state index contributed by atoms with van der Waals surface area (Å²) in [5.41, 5.74) is 5.31. The van der Waals surface area contributed by atoms with Gasteiger partial charge in [0.15, 0.2) is 0 Å². The van der Waals surface area contributed by atoms with E-state index in [-0.39, 0.29) is 0 Å². The standard InChI is InChI=1S/C9H17N/c1-8-2-4-9(5-3-8)6-7-10/h6-9H,2-5,10H2,1H3/b7-6+. The second kappa shape index (κ2) is 3.65. The van der Waals surface area contributed by atoms with Crippen molar-refractivity contribution in [2.24, 2.45) is 17.6 Å². The third kappa shape index (κ3) is 2.05. The van der Waals surface area contributed by atoms with Crippen molar-refractivity contribution >= 4 is 0 Å². The van der Waals surface area contributed by atoms with Crippen molar-refractivity contribution in [1.82, 2.24) is 0 Å². The van der Waals surface area contributed by atoms with Crippen molar-refractivity contribution in [2.75, 3.05) is 0 Å². The molecule has 58 valence electrons. The van der Waals surface area contributed by atoms with E-state index in [9.17, 15) is 0 Å². The third-order valence-corrected chi connectivity index (χ3v) is 2.44. The smallest absolute Gasteiger partial charge is 0.0100 e. The first-order valence-electron chi connectivity index (χ1n) is 4.21. The lowest BCUT2D eigenvalue weighted by Crippen LogP contribution is -2.10. The van der Waals surface area contributed by atoms with Crippen molar-refractivity contribution in [3.8, 4) is 0 Å². The van der Waals surface area contributed by atoms with Gasteiger partial charge in [-0.15, -0.1) is 0 Å². The van der Waals surface area contributed by atoms with E-state index in [0.717, 1.165) is 11.8 Å². The average molecular weight is 139 g/mol. The fourth-order valence-corrected chi connectivity index (χ4v) is 1.64.